The van der Waals surface area contributed by atoms with Crippen LogP contribution in [0.25, 0.3) is 0 Å². The van der Waals surface area contributed by atoms with Gasteiger partial charge in [0.15, 0.2) is 0 Å². The van der Waals surface area contributed by atoms with E-state index in [-0.39, 0.29) is 11.5 Å². The molecule has 6 heteroatoms. The Balaban J connectivity index is 1.99. The molecule has 5 nitrogen and oxygen atoms in total. The summed E-state index contributed by atoms with van der Waals surface area (Å²) in [5.41, 5.74) is 1.57. The molecule has 0 aromatic heterocycles. The van der Waals surface area contributed by atoms with E-state index < -0.39 is 16.1 Å². The summed E-state index contributed by atoms with van der Waals surface area (Å²) in [5, 5.41) is 0. The largest absolute Gasteiger partial charge is 0.444 e. The summed E-state index contributed by atoms with van der Waals surface area (Å²) in [5.74, 6) is 0. The molecule has 0 saturated heterocycles. The molecular formula is C15H15NO4S. The molecule has 1 amide bonds. The van der Waals surface area contributed by atoms with E-state index in [1.807, 2.05) is 10.8 Å². The SMILES string of the molecule is Cc1cccc(S(=O)(=O)NC(=O)OCc2ccccc2)c1. The number of carbonyl (C=O) groups is 1. The molecule has 0 bridgehead atoms. The van der Waals surface area contributed by atoms with Gasteiger partial charge in [0.2, 0.25) is 0 Å². The van der Waals surface area contributed by atoms with E-state index in [0.29, 0.717) is 0 Å². The van der Waals surface area contributed by atoms with Crippen LogP contribution >= 0.6 is 0 Å². The van der Waals surface area contributed by atoms with Crippen LogP contribution in [-0.2, 0) is 21.4 Å². The van der Waals surface area contributed by atoms with Gasteiger partial charge in [-0.3, -0.25) is 0 Å². The fourth-order valence-electron chi connectivity index (χ4n) is 1.70. The first-order valence-electron chi connectivity index (χ1n) is 6.27. The second kappa shape index (κ2) is 6.41. The first kappa shape index (κ1) is 15.1. The Morgan fingerprint density at radius 2 is 1.81 bits per heavy atom. The average Bonchev–Trinajstić information content (AvgIpc) is 2.46. The van der Waals surface area contributed by atoms with Crippen LogP contribution in [0.2, 0.25) is 0 Å². The number of hydrogen-bond donors (Lipinski definition) is 1. The van der Waals surface area contributed by atoms with E-state index in [1.165, 1.54) is 12.1 Å². The van der Waals surface area contributed by atoms with Crippen molar-refractivity contribution in [2.24, 2.45) is 0 Å². The van der Waals surface area contributed by atoms with Crippen LogP contribution < -0.4 is 4.72 Å². The molecule has 0 atom stereocenters. The highest BCUT2D eigenvalue weighted by molar-refractivity contribution is 7.90. The molecule has 0 saturated carbocycles. The zero-order valence-corrected chi connectivity index (χ0v) is 12.3. The second-order valence-corrected chi connectivity index (χ2v) is 6.17. The monoisotopic (exact) mass is 305 g/mol. The number of aryl methyl sites for hydroxylation is 1. The van der Waals surface area contributed by atoms with Gasteiger partial charge in [-0.25, -0.2) is 17.9 Å². The van der Waals surface area contributed by atoms with Crippen LogP contribution in [0.5, 0.6) is 0 Å². The van der Waals surface area contributed by atoms with Crippen molar-refractivity contribution in [1.82, 2.24) is 4.72 Å². The third-order valence-electron chi connectivity index (χ3n) is 2.73. The van der Waals surface area contributed by atoms with Gasteiger partial charge in [0.25, 0.3) is 10.0 Å². The molecule has 0 spiro atoms. The zero-order chi connectivity index (χ0) is 15.3. The maximum atomic E-state index is 12.0. The lowest BCUT2D eigenvalue weighted by atomic mass is 10.2. The standard InChI is InChI=1S/C15H15NO4S/c1-12-6-5-9-14(10-12)21(18,19)16-15(17)20-11-13-7-3-2-4-8-13/h2-10H,11H2,1H3,(H,16,17). The number of rotatable bonds is 4. The predicted octanol–water partition coefficient (Wildman–Crippen LogP) is 2.61. The Morgan fingerprint density at radius 1 is 1.10 bits per heavy atom. The molecule has 2 aromatic carbocycles. The molecule has 0 aliphatic heterocycles. The molecule has 2 aromatic rings. The molecule has 0 aliphatic rings. The summed E-state index contributed by atoms with van der Waals surface area (Å²) >= 11 is 0. The first-order chi connectivity index (χ1) is 9.97. The quantitative estimate of drug-likeness (QED) is 0.942. The summed E-state index contributed by atoms with van der Waals surface area (Å²) in [6.45, 7) is 1.78. The third kappa shape index (κ3) is 4.32. The van der Waals surface area contributed by atoms with E-state index in [4.69, 9.17) is 4.74 Å². The van der Waals surface area contributed by atoms with Crippen LogP contribution in [0.15, 0.2) is 59.5 Å². The molecule has 0 unspecified atom stereocenters. The molecule has 0 aliphatic carbocycles. The zero-order valence-electron chi connectivity index (χ0n) is 11.4. The number of ether oxygens (including phenoxy) is 1. The minimum Gasteiger partial charge on any atom is -0.444 e. The lowest BCUT2D eigenvalue weighted by Crippen LogP contribution is -2.31. The molecule has 0 radical (unpaired) electrons. The van der Waals surface area contributed by atoms with Crippen molar-refractivity contribution in [1.29, 1.82) is 0 Å². The van der Waals surface area contributed by atoms with E-state index in [9.17, 15) is 13.2 Å². The number of amides is 1. The fraction of sp³-hybridized carbons (Fsp3) is 0.133. The van der Waals surface area contributed by atoms with Gasteiger partial charge >= 0.3 is 6.09 Å². The van der Waals surface area contributed by atoms with Crippen molar-refractivity contribution < 1.29 is 17.9 Å². The van der Waals surface area contributed by atoms with E-state index in [2.05, 4.69) is 0 Å². The lowest BCUT2D eigenvalue weighted by Gasteiger charge is -2.08. The van der Waals surface area contributed by atoms with Crippen LogP contribution in [0.3, 0.4) is 0 Å². The summed E-state index contributed by atoms with van der Waals surface area (Å²) < 4.78 is 30.8. The Kier molecular flexibility index (Phi) is 4.59. The van der Waals surface area contributed by atoms with Crippen LogP contribution in [0.1, 0.15) is 11.1 Å². The van der Waals surface area contributed by atoms with Crippen LogP contribution in [0.4, 0.5) is 4.79 Å². The Bertz CT molecular complexity index is 726. The lowest BCUT2D eigenvalue weighted by molar-refractivity contribution is 0.146. The number of benzene rings is 2. The molecule has 110 valence electrons. The number of nitrogens with one attached hydrogen (secondary N) is 1. The van der Waals surface area contributed by atoms with E-state index >= 15 is 0 Å². The number of carbonyl (C=O) groups excluding carboxylic acids is 1. The maximum absolute atomic E-state index is 12.0. The Labute approximate surface area is 123 Å². The number of sulfonamides is 1. The average molecular weight is 305 g/mol. The highest BCUT2D eigenvalue weighted by Crippen LogP contribution is 2.11. The van der Waals surface area contributed by atoms with Crippen LogP contribution in [0, 0.1) is 6.92 Å². The molecule has 0 heterocycles. The van der Waals surface area contributed by atoms with Gasteiger partial charge in [0.1, 0.15) is 6.61 Å². The summed E-state index contributed by atoms with van der Waals surface area (Å²) in [7, 11) is -3.91. The van der Waals surface area contributed by atoms with Crippen molar-refractivity contribution in [3.63, 3.8) is 0 Å². The van der Waals surface area contributed by atoms with Gasteiger partial charge in [0.05, 0.1) is 4.90 Å². The van der Waals surface area contributed by atoms with Gasteiger partial charge in [-0.05, 0) is 30.2 Å². The maximum Gasteiger partial charge on any atom is 0.421 e. The Hall–Kier alpha value is -2.34. The second-order valence-electron chi connectivity index (χ2n) is 4.48. The predicted molar refractivity (Wildman–Crippen MR) is 78.1 cm³/mol. The molecule has 0 fully saturated rings. The summed E-state index contributed by atoms with van der Waals surface area (Å²) in [6, 6.07) is 15.3. The topological polar surface area (TPSA) is 72.5 Å². The van der Waals surface area contributed by atoms with Crippen molar-refractivity contribution in [3.8, 4) is 0 Å². The van der Waals surface area contributed by atoms with Crippen LogP contribution in [-0.4, -0.2) is 14.5 Å². The van der Waals surface area contributed by atoms with E-state index in [1.54, 1.807) is 43.3 Å². The van der Waals surface area contributed by atoms with Gasteiger partial charge < -0.3 is 4.74 Å². The Morgan fingerprint density at radius 3 is 2.48 bits per heavy atom. The van der Waals surface area contributed by atoms with Gasteiger partial charge in [-0.15, -0.1) is 0 Å². The normalized spacial score (nSPS) is 10.9. The minimum absolute atomic E-state index is 0.00993. The number of hydrogen-bond acceptors (Lipinski definition) is 4. The smallest absolute Gasteiger partial charge is 0.421 e. The van der Waals surface area contributed by atoms with Crippen molar-refractivity contribution >= 4 is 16.1 Å². The van der Waals surface area contributed by atoms with Crippen molar-refractivity contribution in [3.05, 3.63) is 65.7 Å². The third-order valence-corrected chi connectivity index (χ3v) is 4.04. The van der Waals surface area contributed by atoms with Gasteiger partial charge in [-0.1, -0.05) is 42.5 Å². The van der Waals surface area contributed by atoms with Gasteiger partial charge in [0, 0.05) is 0 Å². The molecule has 2 rings (SSSR count). The highest BCUT2D eigenvalue weighted by Gasteiger charge is 2.18. The van der Waals surface area contributed by atoms with E-state index in [0.717, 1.165) is 11.1 Å². The minimum atomic E-state index is -3.91. The summed E-state index contributed by atoms with van der Waals surface area (Å²) in [6.07, 6.45) is -1.000. The van der Waals surface area contributed by atoms with Crippen molar-refractivity contribution in [2.75, 3.05) is 0 Å². The molecule has 1 N–H and O–H groups in total. The fourth-order valence-corrected chi connectivity index (χ4v) is 2.70. The molecular weight excluding hydrogens is 290 g/mol. The first-order valence-corrected chi connectivity index (χ1v) is 7.76. The van der Waals surface area contributed by atoms with Gasteiger partial charge in [-0.2, -0.15) is 0 Å². The van der Waals surface area contributed by atoms with Crippen molar-refractivity contribution in [2.45, 2.75) is 18.4 Å². The summed E-state index contributed by atoms with van der Waals surface area (Å²) in [4.78, 5) is 11.6. The molecule has 21 heavy (non-hydrogen) atoms. The highest BCUT2D eigenvalue weighted by atomic mass is 32.2.